The first-order valence-electron chi connectivity index (χ1n) is 27.5. The van der Waals surface area contributed by atoms with Gasteiger partial charge >= 0.3 is 0 Å². The first-order valence-corrected chi connectivity index (χ1v) is 32.7. The maximum Gasteiger partial charge on any atom is 0.206 e. The number of phenols is 10. The Hall–Kier alpha value is -8.44. The number of hydrogen-bond acceptors (Lipinski definition) is 19. The molecule has 0 amide bonds. The van der Waals surface area contributed by atoms with Gasteiger partial charge in [0, 0.05) is 21.9 Å². The van der Waals surface area contributed by atoms with E-state index in [-0.39, 0.29) is 109 Å². The van der Waals surface area contributed by atoms with Gasteiger partial charge in [-0.25, -0.2) is 25.3 Å². The molecule has 0 atom stereocenters. The van der Waals surface area contributed by atoms with E-state index in [1.807, 2.05) is 55.4 Å². The minimum atomic E-state index is -3.82. The number of phenolic OH excluding ortho intramolecular Hbond substituents is 10. The van der Waals surface area contributed by atoms with Crippen molar-refractivity contribution in [2.24, 2.45) is 0 Å². The lowest BCUT2D eigenvalue weighted by Crippen LogP contribution is -2.14. The Morgan fingerprint density at radius 2 is 0.614 bits per heavy atom. The SMILES string of the molecule is CC(C)(C)c1cc(O)c(O)cc1Sc1cc(O)c(O)cc1C(C)(C)C.CCCc1cc(S(=O)(=O)c2ccc(O)c(CCC)c2)ccc1O.COc1cc(S(=O)(=O)c2ccc(O)c(OC)c2)ccc1O.Cc1cc(S(=O)(=O)c2ccc(O)c(C)c2)ccc1O. The van der Waals surface area contributed by atoms with Crippen LogP contribution in [0.1, 0.15) is 102 Å². The lowest BCUT2D eigenvalue weighted by molar-refractivity contribution is 0.371. The van der Waals surface area contributed by atoms with Gasteiger partial charge < -0.3 is 60.5 Å². The Morgan fingerprint density at radius 3 is 0.886 bits per heavy atom. The van der Waals surface area contributed by atoms with Gasteiger partial charge in [-0.05, 0) is 192 Å². The van der Waals surface area contributed by atoms with Crippen molar-refractivity contribution in [1.82, 2.24) is 0 Å². The second-order valence-electron chi connectivity index (χ2n) is 22.4. The summed E-state index contributed by atoms with van der Waals surface area (Å²) in [6.07, 6.45) is 2.87. The van der Waals surface area contributed by atoms with E-state index >= 15 is 0 Å². The lowest BCUT2D eigenvalue weighted by Gasteiger charge is -2.26. The fourth-order valence-electron chi connectivity index (χ4n) is 8.62. The van der Waals surface area contributed by atoms with Gasteiger partial charge in [-0.1, -0.05) is 80.0 Å². The summed E-state index contributed by atoms with van der Waals surface area (Å²) in [7, 11) is -8.48. The number of aryl methyl sites for hydroxylation is 4. The van der Waals surface area contributed by atoms with Crippen molar-refractivity contribution in [3.8, 4) is 69.0 Å². The normalized spacial score (nSPS) is 11.7. The van der Waals surface area contributed by atoms with Crippen LogP contribution in [-0.4, -0.2) is 90.5 Å². The van der Waals surface area contributed by atoms with E-state index in [9.17, 15) is 76.3 Å². The van der Waals surface area contributed by atoms with E-state index in [1.165, 1.54) is 147 Å². The highest BCUT2D eigenvalue weighted by Gasteiger charge is 2.27. The minimum Gasteiger partial charge on any atom is -0.508 e. The standard InChI is InChI=1S/C20H26O4S.C18H22O4S.C14H14O6S.C14H14O4S/c1-19(2,3)11-7-13(21)15(23)9-17(11)25-18-10-16(24)14(22)8-12(18)20(4,5)6;1-3-5-13-11-15(7-9-17(13)19)23(21,22)16-8-10-18(20)14(12-16)6-4-2;1-19-13-7-9(3-5-11(13)15)21(17,18)10-4-6-12(16)14(8-10)20-2;1-9-7-11(3-5-13(9)15)19(17,18)12-4-6-14(16)10(2)8-12/h7-10,21-24H,1-6H3;7-12,19-20H,3-6H2,1-2H3;3-8,15-16H,1-2H3;3-8,15-16H,1-2H3. The van der Waals surface area contributed by atoms with Gasteiger partial charge in [0.25, 0.3) is 0 Å². The Kier molecular flexibility index (Phi) is 22.8. The molecule has 0 aromatic heterocycles. The zero-order valence-corrected chi connectivity index (χ0v) is 54.2. The first kappa shape index (κ1) is 70.3. The first-order chi connectivity index (χ1) is 40.9. The molecule has 0 radical (unpaired) electrons. The van der Waals surface area contributed by atoms with Crippen LogP contribution < -0.4 is 9.47 Å². The van der Waals surface area contributed by atoms with Gasteiger partial charge in [-0.2, -0.15) is 0 Å². The molecule has 0 unspecified atom stereocenters. The van der Waals surface area contributed by atoms with Crippen LogP contribution in [0.4, 0.5) is 0 Å². The summed E-state index contributed by atoms with van der Waals surface area (Å²) < 4.78 is 85.2. The van der Waals surface area contributed by atoms with E-state index in [4.69, 9.17) is 9.47 Å². The van der Waals surface area contributed by atoms with E-state index in [2.05, 4.69) is 0 Å². The zero-order valence-electron chi connectivity index (χ0n) is 50.9. The van der Waals surface area contributed by atoms with E-state index in [0.717, 1.165) is 33.8 Å². The molecule has 8 rings (SSSR count). The van der Waals surface area contributed by atoms with Crippen LogP contribution in [0.2, 0.25) is 0 Å². The molecule has 0 aliphatic heterocycles. The van der Waals surface area contributed by atoms with Crippen molar-refractivity contribution in [3.63, 3.8) is 0 Å². The molecule has 0 saturated heterocycles. The monoisotopic (exact) mass is 1280 g/mol. The second kappa shape index (κ2) is 28.6. The molecule has 88 heavy (non-hydrogen) atoms. The molecule has 22 heteroatoms. The van der Waals surface area contributed by atoms with Crippen molar-refractivity contribution >= 4 is 41.3 Å². The maximum absolute atomic E-state index is 12.8. The Morgan fingerprint density at radius 1 is 0.352 bits per heavy atom. The molecular weight excluding hydrogens is 1210 g/mol. The summed E-state index contributed by atoms with van der Waals surface area (Å²) in [6, 6.07) is 30.7. The molecule has 0 bridgehead atoms. The summed E-state index contributed by atoms with van der Waals surface area (Å²) in [5.74, 6) is -0.527. The van der Waals surface area contributed by atoms with Gasteiger partial charge in [0.1, 0.15) is 23.0 Å². The number of rotatable bonds is 14. The van der Waals surface area contributed by atoms with E-state index in [0.29, 0.717) is 35.1 Å². The quantitative estimate of drug-likeness (QED) is 0.0452. The van der Waals surface area contributed by atoms with Gasteiger partial charge in [-0.3, -0.25) is 0 Å². The zero-order chi connectivity index (χ0) is 66.0. The van der Waals surface area contributed by atoms with E-state index < -0.39 is 29.5 Å². The van der Waals surface area contributed by atoms with Crippen LogP contribution in [-0.2, 0) is 53.2 Å². The highest BCUT2D eigenvalue weighted by molar-refractivity contribution is 7.99. The predicted octanol–water partition coefficient (Wildman–Crippen LogP) is 13.6. The summed E-state index contributed by atoms with van der Waals surface area (Å²) >= 11 is 1.40. The molecule has 10 N–H and O–H groups in total. The van der Waals surface area contributed by atoms with Crippen LogP contribution in [0, 0.1) is 13.8 Å². The Bertz CT molecular complexity index is 3920. The molecule has 0 aliphatic carbocycles. The van der Waals surface area contributed by atoms with Gasteiger partial charge in [0.05, 0.1) is 43.6 Å². The fourth-order valence-corrected chi connectivity index (χ4v) is 14.2. The molecule has 472 valence electrons. The molecular formula is C66H76O18S4. The number of sulfone groups is 3. The van der Waals surface area contributed by atoms with Crippen molar-refractivity contribution in [1.29, 1.82) is 0 Å². The van der Waals surface area contributed by atoms with Crippen LogP contribution in [0.5, 0.6) is 69.0 Å². The number of benzene rings is 8. The van der Waals surface area contributed by atoms with Crippen molar-refractivity contribution in [3.05, 3.63) is 167 Å². The fraction of sp³-hybridized carbons (Fsp3) is 0.273. The Balaban J connectivity index is 0.000000215. The molecule has 18 nitrogen and oxygen atoms in total. The minimum absolute atomic E-state index is 0.0371. The average molecular weight is 1290 g/mol. The van der Waals surface area contributed by atoms with Crippen LogP contribution in [0.3, 0.4) is 0 Å². The van der Waals surface area contributed by atoms with Gasteiger partial charge in [0.15, 0.2) is 46.0 Å². The predicted molar refractivity (Wildman–Crippen MR) is 337 cm³/mol. The number of ether oxygens (including phenoxy) is 2. The summed E-state index contributed by atoms with van der Waals surface area (Å²) in [5.41, 5.74) is 3.54. The molecule has 8 aromatic carbocycles. The summed E-state index contributed by atoms with van der Waals surface area (Å²) in [5, 5.41) is 97.2. The molecule has 0 aliphatic rings. The third kappa shape index (κ3) is 17.0. The number of hydrogen-bond donors (Lipinski definition) is 10. The van der Waals surface area contributed by atoms with Crippen molar-refractivity contribution < 1.29 is 85.8 Å². The largest absolute Gasteiger partial charge is 0.508 e. The summed E-state index contributed by atoms with van der Waals surface area (Å²) in [6.45, 7) is 19.4. The average Bonchev–Trinajstić information content (AvgIpc) is 3.18. The molecule has 0 fully saturated rings. The summed E-state index contributed by atoms with van der Waals surface area (Å²) in [4.78, 5) is 2.06. The highest BCUT2D eigenvalue weighted by Crippen LogP contribution is 2.47. The molecule has 0 saturated carbocycles. The number of aromatic hydroxyl groups is 10. The third-order valence-electron chi connectivity index (χ3n) is 13.6. The van der Waals surface area contributed by atoms with Crippen molar-refractivity contribution in [2.45, 2.75) is 145 Å². The third-order valence-corrected chi connectivity index (χ3v) is 20.0. The lowest BCUT2D eigenvalue weighted by atomic mass is 9.86. The maximum atomic E-state index is 12.8. The van der Waals surface area contributed by atoms with Crippen LogP contribution >= 0.6 is 11.8 Å². The Labute approximate surface area is 519 Å². The van der Waals surface area contributed by atoms with Crippen molar-refractivity contribution in [2.75, 3.05) is 14.2 Å². The second-order valence-corrected chi connectivity index (χ2v) is 29.4. The smallest absolute Gasteiger partial charge is 0.206 e. The van der Waals surface area contributed by atoms with Gasteiger partial charge in [-0.15, -0.1) is 0 Å². The van der Waals surface area contributed by atoms with Crippen LogP contribution in [0.25, 0.3) is 0 Å². The highest BCUT2D eigenvalue weighted by atomic mass is 32.2. The van der Waals surface area contributed by atoms with Gasteiger partial charge in [0.2, 0.25) is 29.5 Å². The van der Waals surface area contributed by atoms with Crippen LogP contribution in [0.15, 0.2) is 173 Å². The van der Waals surface area contributed by atoms with E-state index in [1.54, 1.807) is 26.0 Å². The molecule has 8 aromatic rings. The molecule has 0 heterocycles. The topological polar surface area (TPSA) is 323 Å². The molecule has 0 spiro atoms. The number of methoxy groups -OCH3 is 2.